The van der Waals surface area contributed by atoms with Crippen LogP contribution in [0.15, 0.2) is 45.6 Å². The molecule has 4 rings (SSSR count). The molecule has 0 saturated heterocycles. The first-order valence-electron chi connectivity index (χ1n) is 10.3. The van der Waals surface area contributed by atoms with E-state index in [0.717, 1.165) is 28.2 Å². The van der Waals surface area contributed by atoms with Gasteiger partial charge in [0, 0.05) is 38.1 Å². The SMILES string of the molecule is CCc1nn(CCCC(=O)NCc2ccccc2C)c(=O)c2cc3oc(C)cc3n12. The van der Waals surface area contributed by atoms with E-state index in [9.17, 15) is 9.59 Å². The van der Waals surface area contributed by atoms with E-state index in [1.807, 2.05) is 55.5 Å². The first-order valence-corrected chi connectivity index (χ1v) is 10.3. The van der Waals surface area contributed by atoms with Crippen molar-refractivity contribution in [2.75, 3.05) is 0 Å². The van der Waals surface area contributed by atoms with Crippen molar-refractivity contribution in [3.8, 4) is 0 Å². The van der Waals surface area contributed by atoms with Gasteiger partial charge in [0.1, 0.15) is 17.1 Å². The summed E-state index contributed by atoms with van der Waals surface area (Å²) in [6.45, 7) is 6.83. The lowest BCUT2D eigenvalue weighted by molar-refractivity contribution is -0.121. The predicted molar refractivity (Wildman–Crippen MR) is 116 cm³/mol. The lowest BCUT2D eigenvalue weighted by atomic mass is 10.1. The minimum absolute atomic E-state index is 0.0289. The van der Waals surface area contributed by atoms with Gasteiger partial charge in [-0.25, -0.2) is 4.68 Å². The zero-order valence-corrected chi connectivity index (χ0v) is 17.6. The van der Waals surface area contributed by atoms with Crippen molar-refractivity contribution in [1.29, 1.82) is 0 Å². The number of carbonyl (C=O) groups is 1. The summed E-state index contributed by atoms with van der Waals surface area (Å²) in [7, 11) is 0. The molecule has 0 radical (unpaired) electrons. The highest BCUT2D eigenvalue weighted by atomic mass is 16.3. The van der Waals surface area contributed by atoms with E-state index < -0.39 is 0 Å². The molecular weight excluding hydrogens is 380 g/mol. The number of fused-ring (bicyclic) bond motifs is 3. The van der Waals surface area contributed by atoms with Crippen LogP contribution < -0.4 is 10.9 Å². The number of hydrogen-bond acceptors (Lipinski definition) is 4. The van der Waals surface area contributed by atoms with Crippen LogP contribution in [0, 0.1) is 13.8 Å². The number of amides is 1. The Labute approximate surface area is 174 Å². The number of aromatic nitrogens is 3. The van der Waals surface area contributed by atoms with Crippen molar-refractivity contribution in [2.45, 2.75) is 53.1 Å². The number of rotatable bonds is 7. The van der Waals surface area contributed by atoms with Gasteiger partial charge in [-0.2, -0.15) is 5.10 Å². The first kappa shape index (κ1) is 19.9. The fourth-order valence-corrected chi connectivity index (χ4v) is 3.77. The molecule has 0 fully saturated rings. The molecule has 7 heteroatoms. The highest BCUT2D eigenvalue weighted by Gasteiger charge is 2.16. The highest BCUT2D eigenvalue weighted by Crippen LogP contribution is 2.23. The molecule has 0 aliphatic rings. The standard InChI is InChI=1S/C23H26N4O3/c1-4-21-25-26(23(29)19-13-20-18(27(19)21)12-16(3)30-20)11-7-10-22(28)24-14-17-9-6-5-8-15(17)2/h5-6,8-9,12-13H,4,7,10-11,14H2,1-3H3,(H,24,28). The zero-order valence-electron chi connectivity index (χ0n) is 17.6. The minimum Gasteiger partial charge on any atom is -0.460 e. The molecule has 1 aromatic carbocycles. The largest absolute Gasteiger partial charge is 0.460 e. The molecule has 3 heterocycles. The van der Waals surface area contributed by atoms with Crippen LogP contribution in [0.5, 0.6) is 0 Å². The first-order chi connectivity index (χ1) is 14.5. The van der Waals surface area contributed by atoms with Gasteiger partial charge in [-0.15, -0.1) is 0 Å². The van der Waals surface area contributed by atoms with Crippen molar-refractivity contribution in [2.24, 2.45) is 0 Å². The molecular formula is C23H26N4O3. The number of nitrogens with zero attached hydrogens (tertiary/aromatic N) is 3. The van der Waals surface area contributed by atoms with Gasteiger partial charge in [-0.3, -0.25) is 14.0 Å². The van der Waals surface area contributed by atoms with Gasteiger partial charge >= 0.3 is 0 Å². The molecule has 7 nitrogen and oxygen atoms in total. The molecule has 1 amide bonds. The number of furan rings is 1. The van der Waals surface area contributed by atoms with Crippen molar-refractivity contribution in [1.82, 2.24) is 19.5 Å². The molecule has 1 N–H and O–H groups in total. The number of nitrogens with one attached hydrogen (secondary N) is 1. The third kappa shape index (κ3) is 3.75. The van der Waals surface area contributed by atoms with E-state index in [-0.39, 0.29) is 11.5 Å². The molecule has 30 heavy (non-hydrogen) atoms. The van der Waals surface area contributed by atoms with E-state index in [4.69, 9.17) is 4.42 Å². The van der Waals surface area contributed by atoms with Crippen molar-refractivity contribution >= 4 is 22.5 Å². The number of carbonyl (C=O) groups excluding carboxylic acids is 1. The van der Waals surface area contributed by atoms with Gasteiger partial charge in [0.2, 0.25) is 5.91 Å². The molecule has 4 aromatic rings. The van der Waals surface area contributed by atoms with E-state index in [2.05, 4.69) is 10.4 Å². The topological polar surface area (TPSA) is 81.5 Å². The van der Waals surface area contributed by atoms with Gasteiger partial charge in [-0.1, -0.05) is 31.2 Å². The second-order valence-corrected chi connectivity index (χ2v) is 7.58. The number of hydrogen-bond donors (Lipinski definition) is 1. The molecule has 0 atom stereocenters. The quantitative estimate of drug-likeness (QED) is 0.509. The van der Waals surface area contributed by atoms with Crippen molar-refractivity contribution < 1.29 is 9.21 Å². The Hall–Kier alpha value is -3.35. The van der Waals surface area contributed by atoms with Gasteiger partial charge < -0.3 is 9.73 Å². The van der Waals surface area contributed by atoms with Crippen molar-refractivity contribution in [3.05, 3.63) is 69.5 Å². The second kappa shape index (κ2) is 8.18. The summed E-state index contributed by atoms with van der Waals surface area (Å²) >= 11 is 0. The smallest absolute Gasteiger partial charge is 0.291 e. The van der Waals surface area contributed by atoms with Crippen LogP contribution in [0.2, 0.25) is 0 Å². The van der Waals surface area contributed by atoms with Gasteiger partial charge in [-0.05, 0) is 31.4 Å². The number of benzene rings is 1. The van der Waals surface area contributed by atoms with Crippen LogP contribution in [0.4, 0.5) is 0 Å². The molecule has 0 saturated carbocycles. The fourth-order valence-electron chi connectivity index (χ4n) is 3.77. The number of aryl methyl sites for hydroxylation is 4. The van der Waals surface area contributed by atoms with Crippen LogP contribution in [-0.2, 0) is 24.3 Å². The lowest BCUT2D eigenvalue weighted by Crippen LogP contribution is -2.28. The Morgan fingerprint density at radius 2 is 1.97 bits per heavy atom. The zero-order chi connectivity index (χ0) is 21.3. The average molecular weight is 406 g/mol. The van der Waals surface area contributed by atoms with E-state index >= 15 is 0 Å². The molecule has 3 aromatic heterocycles. The average Bonchev–Trinajstić information content (AvgIpc) is 3.25. The maximum absolute atomic E-state index is 12.9. The molecule has 0 unspecified atom stereocenters. The Balaban J connectivity index is 1.45. The summed E-state index contributed by atoms with van der Waals surface area (Å²) < 4.78 is 9.02. The minimum atomic E-state index is -0.170. The third-order valence-electron chi connectivity index (χ3n) is 5.39. The maximum Gasteiger partial charge on any atom is 0.291 e. The normalized spacial score (nSPS) is 11.4. The Bertz CT molecular complexity index is 1280. The molecule has 0 spiro atoms. The van der Waals surface area contributed by atoms with Crippen LogP contribution in [0.1, 0.15) is 42.5 Å². The van der Waals surface area contributed by atoms with Gasteiger partial charge in [0.25, 0.3) is 5.56 Å². The summed E-state index contributed by atoms with van der Waals surface area (Å²) in [6.07, 6.45) is 1.57. The van der Waals surface area contributed by atoms with Gasteiger partial charge in [0.15, 0.2) is 5.58 Å². The van der Waals surface area contributed by atoms with E-state index in [1.54, 1.807) is 6.07 Å². The summed E-state index contributed by atoms with van der Waals surface area (Å²) in [4.78, 5) is 25.1. The monoisotopic (exact) mass is 406 g/mol. The molecule has 156 valence electrons. The van der Waals surface area contributed by atoms with E-state index in [1.165, 1.54) is 4.68 Å². The Morgan fingerprint density at radius 1 is 1.17 bits per heavy atom. The Kier molecular flexibility index (Phi) is 5.44. The second-order valence-electron chi connectivity index (χ2n) is 7.58. The summed E-state index contributed by atoms with van der Waals surface area (Å²) in [5.41, 5.74) is 4.20. The molecule has 0 aliphatic carbocycles. The molecule has 0 aliphatic heterocycles. The van der Waals surface area contributed by atoms with Crippen LogP contribution >= 0.6 is 0 Å². The van der Waals surface area contributed by atoms with Crippen LogP contribution in [0.25, 0.3) is 16.6 Å². The summed E-state index contributed by atoms with van der Waals surface area (Å²) in [5.74, 6) is 1.57. The lowest BCUT2D eigenvalue weighted by Gasteiger charge is -2.10. The molecule has 0 bridgehead atoms. The highest BCUT2D eigenvalue weighted by molar-refractivity contribution is 5.83. The van der Waals surface area contributed by atoms with E-state index in [0.29, 0.717) is 43.5 Å². The summed E-state index contributed by atoms with van der Waals surface area (Å²) in [5, 5.41) is 7.50. The van der Waals surface area contributed by atoms with Gasteiger partial charge in [0.05, 0.1) is 5.52 Å². The van der Waals surface area contributed by atoms with Crippen molar-refractivity contribution in [3.63, 3.8) is 0 Å². The van der Waals surface area contributed by atoms with Crippen LogP contribution in [0.3, 0.4) is 0 Å². The fraction of sp³-hybridized carbons (Fsp3) is 0.348. The summed E-state index contributed by atoms with van der Waals surface area (Å²) in [6, 6.07) is 11.7. The van der Waals surface area contributed by atoms with Crippen LogP contribution in [-0.4, -0.2) is 20.1 Å². The predicted octanol–water partition coefficient (Wildman–Crippen LogP) is 3.52. The maximum atomic E-state index is 12.9. The third-order valence-corrected chi connectivity index (χ3v) is 5.39. The Morgan fingerprint density at radius 3 is 2.73 bits per heavy atom.